The van der Waals surface area contributed by atoms with Gasteiger partial charge in [-0.05, 0) is 24.3 Å². The van der Waals surface area contributed by atoms with Crippen LogP contribution in [0, 0.1) is 5.82 Å². The lowest BCUT2D eigenvalue weighted by Crippen LogP contribution is -2.02. The highest BCUT2D eigenvalue weighted by atomic mass is 19.1. The number of anilines is 1. The van der Waals surface area contributed by atoms with E-state index in [-0.39, 0.29) is 5.82 Å². The first-order valence-corrected chi connectivity index (χ1v) is 6.05. The highest BCUT2D eigenvalue weighted by molar-refractivity contribution is 5.70. The minimum atomic E-state index is -0.310. The maximum Gasteiger partial charge on any atom is 0.183 e. The second kappa shape index (κ2) is 5.05. The van der Waals surface area contributed by atoms with E-state index in [0.717, 1.165) is 5.56 Å². The minimum Gasteiger partial charge on any atom is -0.382 e. The van der Waals surface area contributed by atoms with Crippen molar-refractivity contribution in [1.82, 2.24) is 15.2 Å². The molecule has 2 N–H and O–H groups in total. The number of nitrogen functional groups attached to an aromatic ring is 1. The number of rotatable bonds is 2. The van der Waals surface area contributed by atoms with Gasteiger partial charge in [0, 0.05) is 11.1 Å². The molecule has 5 heteroatoms. The van der Waals surface area contributed by atoms with E-state index in [4.69, 9.17) is 5.73 Å². The van der Waals surface area contributed by atoms with E-state index in [1.807, 2.05) is 30.3 Å². The molecule has 0 atom stereocenters. The van der Waals surface area contributed by atoms with Gasteiger partial charge in [-0.15, -0.1) is 10.2 Å². The summed E-state index contributed by atoms with van der Waals surface area (Å²) in [6.07, 6.45) is 0. The van der Waals surface area contributed by atoms with E-state index in [9.17, 15) is 4.39 Å². The second-order valence-corrected chi connectivity index (χ2v) is 4.24. The Hall–Kier alpha value is -2.82. The molecule has 0 unspecified atom stereocenters. The van der Waals surface area contributed by atoms with Crippen LogP contribution in [0.5, 0.6) is 0 Å². The molecule has 0 aliphatic heterocycles. The first-order valence-electron chi connectivity index (χ1n) is 6.05. The van der Waals surface area contributed by atoms with Crippen molar-refractivity contribution >= 4 is 5.82 Å². The summed E-state index contributed by atoms with van der Waals surface area (Å²) in [7, 11) is 0. The van der Waals surface area contributed by atoms with Gasteiger partial charge in [0.2, 0.25) is 0 Å². The zero-order valence-electron chi connectivity index (χ0n) is 10.5. The van der Waals surface area contributed by atoms with Gasteiger partial charge in [-0.2, -0.15) is 0 Å². The summed E-state index contributed by atoms with van der Waals surface area (Å²) in [5.41, 5.74) is 8.00. The second-order valence-electron chi connectivity index (χ2n) is 4.24. The number of hydrogen-bond donors (Lipinski definition) is 1. The number of nitrogens with zero attached hydrogens (tertiary/aromatic N) is 3. The van der Waals surface area contributed by atoms with E-state index in [2.05, 4.69) is 15.2 Å². The molecule has 98 valence electrons. The van der Waals surface area contributed by atoms with Crippen molar-refractivity contribution in [3.8, 4) is 22.6 Å². The Kier molecular flexibility index (Phi) is 3.09. The fourth-order valence-corrected chi connectivity index (χ4v) is 1.86. The summed E-state index contributed by atoms with van der Waals surface area (Å²) in [6, 6.07) is 15.4. The third kappa shape index (κ3) is 2.33. The third-order valence-corrected chi connectivity index (χ3v) is 2.86. The zero-order valence-corrected chi connectivity index (χ0v) is 10.5. The maximum absolute atomic E-state index is 12.9. The van der Waals surface area contributed by atoms with Crippen LogP contribution in [0.15, 0.2) is 54.6 Å². The van der Waals surface area contributed by atoms with E-state index < -0.39 is 0 Å². The van der Waals surface area contributed by atoms with Crippen molar-refractivity contribution in [2.24, 2.45) is 0 Å². The standard InChI is InChI=1S/C15H11FN4/c16-12-8-6-11(7-9-12)15-18-14(17)13(19-20-15)10-4-2-1-3-5-10/h1-9H,(H2,17,18,20). The fraction of sp³-hybridized carbons (Fsp3) is 0. The highest BCUT2D eigenvalue weighted by Gasteiger charge is 2.09. The molecule has 0 aliphatic carbocycles. The van der Waals surface area contributed by atoms with Crippen LogP contribution in [0.25, 0.3) is 22.6 Å². The van der Waals surface area contributed by atoms with Crippen molar-refractivity contribution in [3.63, 3.8) is 0 Å². The number of benzene rings is 2. The SMILES string of the molecule is Nc1nc(-c2ccc(F)cc2)nnc1-c1ccccc1. The van der Waals surface area contributed by atoms with Crippen LogP contribution in [0.1, 0.15) is 0 Å². The molecular formula is C15H11FN4. The van der Waals surface area contributed by atoms with Gasteiger partial charge in [-0.3, -0.25) is 0 Å². The monoisotopic (exact) mass is 266 g/mol. The average Bonchev–Trinajstić information content (AvgIpc) is 2.49. The summed E-state index contributed by atoms with van der Waals surface area (Å²) in [5.74, 6) is 0.364. The summed E-state index contributed by atoms with van der Waals surface area (Å²) in [6.45, 7) is 0. The Morgan fingerprint density at radius 2 is 1.50 bits per heavy atom. The lowest BCUT2D eigenvalue weighted by atomic mass is 10.1. The molecular weight excluding hydrogens is 255 g/mol. The molecule has 3 rings (SSSR count). The Morgan fingerprint density at radius 1 is 0.800 bits per heavy atom. The molecule has 0 saturated carbocycles. The molecule has 0 bridgehead atoms. The molecule has 0 aliphatic rings. The van der Waals surface area contributed by atoms with Crippen LogP contribution in [0.4, 0.5) is 10.2 Å². The Morgan fingerprint density at radius 3 is 2.15 bits per heavy atom. The van der Waals surface area contributed by atoms with Crippen molar-refractivity contribution in [2.75, 3.05) is 5.73 Å². The fourth-order valence-electron chi connectivity index (χ4n) is 1.86. The van der Waals surface area contributed by atoms with Gasteiger partial charge < -0.3 is 5.73 Å². The third-order valence-electron chi connectivity index (χ3n) is 2.86. The van der Waals surface area contributed by atoms with E-state index in [1.165, 1.54) is 12.1 Å². The maximum atomic E-state index is 12.9. The molecule has 0 spiro atoms. The van der Waals surface area contributed by atoms with Crippen molar-refractivity contribution < 1.29 is 4.39 Å². The van der Waals surface area contributed by atoms with E-state index in [1.54, 1.807) is 12.1 Å². The van der Waals surface area contributed by atoms with E-state index in [0.29, 0.717) is 22.9 Å². The molecule has 2 aromatic carbocycles. The molecule has 0 saturated heterocycles. The summed E-state index contributed by atoms with van der Waals surface area (Å²) >= 11 is 0. The van der Waals surface area contributed by atoms with Gasteiger partial charge in [0.1, 0.15) is 11.5 Å². The lowest BCUT2D eigenvalue weighted by molar-refractivity contribution is 0.628. The first kappa shape index (κ1) is 12.2. The minimum absolute atomic E-state index is 0.297. The van der Waals surface area contributed by atoms with Gasteiger partial charge in [0.05, 0.1) is 0 Å². The van der Waals surface area contributed by atoms with Gasteiger partial charge in [0.15, 0.2) is 11.6 Å². The normalized spacial score (nSPS) is 10.4. The lowest BCUT2D eigenvalue weighted by Gasteiger charge is -2.05. The highest BCUT2D eigenvalue weighted by Crippen LogP contribution is 2.23. The number of aromatic nitrogens is 3. The average molecular weight is 266 g/mol. The molecule has 4 nitrogen and oxygen atoms in total. The van der Waals surface area contributed by atoms with Crippen LogP contribution in [0.3, 0.4) is 0 Å². The van der Waals surface area contributed by atoms with Crippen LogP contribution in [-0.2, 0) is 0 Å². The van der Waals surface area contributed by atoms with Crippen molar-refractivity contribution in [2.45, 2.75) is 0 Å². The Balaban J connectivity index is 2.01. The van der Waals surface area contributed by atoms with Crippen LogP contribution in [0.2, 0.25) is 0 Å². The van der Waals surface area contributed by atoms with Gasteiger partial charge in [0.25, 0.3) is 0 Å². The number of nitrogens with two attached hydrogens (primary N) is 1. The largest absolute Gasteiger partial charge is 0.382 e. The van der Waals surface area contributed by atoms with Crippen LogP contribution >= 0.6 is 0 Å². The smallest absolute Gasteiger partial charge is 0.183 e. The predicted octanol–water partition coefficient (Wildman–Crippen LogP) is 2.93. The number of hydrogen-bond acceptors (Lipinski definition) is 4. The first-order chi connectivity index (χ1) is 9.74. The molecule has 0 amide bonds. The Labute approximate surface area is 115 Å². The van der Waals surface area contributed by atoms with Crippen molar-refractivity contribution in [3.05, 3.63) is 60.4 Å². The summed E-state index contributed by atoms with van der Waals surface area (Å²) in [5, 5.41) is 8.17. The zero-order chi connectivity index (χ0) is 13.9. The summed E-state index contributed by atoms with van der Waals surface area (Å²) in [4.78, 5) is 4.23. The number of halogens is 1. The van der Waals surface area contributed by atoms with Gasteiger partial charge in [-0.1, -0.05) is 30.3 Å². The molecule has 0 radical (unpaired) electrons. The molecule has 3 aromatic rings. The molecule has 20 heavy (non-hydrogen) atoms. The molecule has 1 aromatic heterocycles. The predicted molar refractivity (Wildman–Crippen MR) is 75.1 cm³/mol. The van der Waals surface area contributed by atoms with Crippen molar-refractivity contribution in [1.29, 1.82) is 0 Å². The van der Waals surface area contributed by atoms with Gasteiger partial charge in [-0.25, -0.2) is 9.37 Å². The van der Waals surface area contributed by atoms with E-state index >= 15 is 0 Å². The van der Waals surface area contributed by atoms with Crippen LogP contribution in [-0.4, -0.2) is 15.2 Å². The Bertz CT molecular complexity index is 727. The summed E-state index contributed by atoms with van der Waals surface area (Å²) < 4.78 is 12.9. The topological polar surface area (TPSA) is 64.7 Å². The molecule has 0 fully saturated rings. The molecule has 1 heterocycles. The van der Waals surface area contributed by atoms with Crippen LogP contribution < -0.4 is 5.73 Å². The van der Waals surface area contributed by atoms with Gasteiger partial charge >= 0.3 is 0 Å². The quantitative estimate of drug-likeness (QED) is 0.774.